The fourth-order valence-corrected chi connectivity index (χ4v) is 4.52. The molecule has 1 heterocycles. The van der Waals surface area contributed by atoms with Crippen molar-refractivity contribution in [1.82, 2.24) is 9.97 Å². The molecule has 0 unspecified atom stereocenters. The summed E-state index contributed by atoms with van der Waals surface area (Å²) < 4.78 is 28.2. The van der Waals surface area contributed by atoms with Crippen LogP contribution >= 0.6 is 0 Å². The van der Waals surface area contributed by atoms with E-state index < -0.39 is 10.1 Å². The van der Waals surface area contributed by atoms with Gasteiger partial charge in [-0.3, -0.25) is 4.18 Å². The molecule has 180 valence electrons. The Labute approximate surface area is 202 Å². The van der Waals surface area contributed by atoms with Crippen molar-refractivity contribution >= 4 is 27.6 Å². The normalized spacial score (nSPS) is 15.4. The summed E-state index contributed by atoms with van der Waals surface area (Å²) in [7, 11) is -3.47. The number of rotatable bonds is 8. The molecule has 0 amide bonds. The number of aromatic nitrogens is 2. The third-order valence-electron chi connectivity index (χ3n) is 5.91. The Balaban J connectivity index is 1.57. The van der Waals surface area contributed by atoms with Crippen molar-refractivity contribution in [3.8, 4) is 11.3 Å². The van der Waals surface area contributed by atoms with Gasteiger partial charge in [-0.1, -0.05) is 48.9 Å². The first-order valence-corrected chi connectivity index (χ1v) is 13.3. The molecule has 2 N–H and O–H groups in total. The predicted octanol–water partition coefficient (Wildman–Crippen LogP) is 5.50. The molecule has 8 heteroatoms. The number of benzene rings is 2. The van der Waals surface area contributed by atoms with Crippen molar-refractivity contribution in [3.63, 3.8) is 0 Å². The molecular weight excluding hydrogens is 448 g/mol. The Morgan fingerprint density at radius 1 is 1.00 bits per heavy atom. The lowest BCUT2D eigenvalue weighted by Crippen LogP contribution is -2.39. The maximum Gasteiger partial charge on any atom is 0.264 e. The molecule has 1 aromatic heterocycles. The SMILES string of the molecule is CC(C)(C)Nc1cc(-c2ccccc2)nc(Nc2ccc(C3(COS(C)(=O)=O)CCC3)cc2)n1. The summed E-state index contributed by atoms with van der Waals surface area (Å²) in [6.07, 6.45) is 3.99. The second kappa shape index (κ2) is 9.35. The zero-order valence-corrected chi connectivity index (χ0v) is 20.9. The average Bonchev–Trinajstić information content (AvgIpc) is 2.72. The summed E-state index contributed by atoms with van der Waals surface area (Å²) in [6, 6.07) is 20.0. The van der Waals surface area contributed by atoms with E-state index in [2.05, 4.69) is 36.4 Å². The van der Waals surface area contributed by atoms with Crippen molar-refractivity contribution in [1.29, 1.82) is 0 Å². The smallest absolute Gasteiger partial charge is 0.264 e. The molecule has 0 atom stereocenters. The lowest BCUT2D eigenvalue weighted by Gasteiger charge is -2.41. The highest BCUT2D eigenvalue weighted by Crippen LogP contribution is 2.44. The van der Waals surface area contributed by atoms with E-state index in [4.69, 9.17) is 9.17 Å². The second-order valence-electron chi connectivity index (χ2n) is 10.0. The standard InChI is InChI=1S/C26H32N4O3S/c1-25(2,3)30-23-17-22(19-9-6-5-7-10-19)28-24(29-23)27-21-13-11-20(12-14-21)26(15-8-16-26)18-33-34(4,31)32/h5-7,9-14,17H,8,15-16,18H2,1-4H3,(H2,27,28,29,30). The van der Waals surface area contributed by atoms with Crippen molar-refractivity contribution in [2.75, 3.05) is 23.5 Å². The molecule has 7 nitrogen and oxygen atoms in total. The van der Waals surface area contributed by atoms with E-state index in [1.807, 2.05) is 60.7 Å². The third kappa shape index (κ3) is 6.12. The van der Waals surface area contributed by atoms with E-state index in [0.717, 1.165) is 53.8 Å². The quantitative estimate of drug-likeness (QED) is 0.412. The molecule has 0 radical (unpaired) electrons. The molecule has 3 aromatic rings. The van der Waals surface area contributed by atoms with Gasteiger partial charge in [0.25, 0.3) is 10.1 Å². The maximum absolute atomic E-state index is 11.5. The van der Waals surface area contributed by atoms with Crippen molar-refractivity contribution in [2.24, 2.45) is 0 Å². The van der Waals surface area contributed by atoms with E-state index in [0.29, 0.717) is 5.95 Å². The van der Waals surface area contributed by atoms with Gasteiger partial charge in [0.15, 0.2) is 0 Å². The van der Waals surface area contributed by atoms with Gasteiger partial charge in [0.2, 0.25) is 5.95 Å². The molecule has 2 aromatic carbocycles. The van der Waals surface area contributed by atoms with Crippen LogP contribution in [0.25, 0.3) is 11.3 Å². The summed E-state index contributed by atoms with van der Waals surface area (Å²) >= 11 is 0. The van der Waals surface area contributed by atoms with Crippen LogP contribution in [0.1, 0.15) is 45.6 Å². The summed E-state index contributed by atoms with van der Waals surface area (Å²) in [4.78, 5) is 9.41. The third-order valence-corrected chi connectivity index (χ3v) is 6.46. The number of nitrogens with zero attached hydrogens (tertiary/aromatic N) is 2. The Hall–Kier alpha value is -2.97. The fourth-order valence-electron chi connectivity index (χ4n) is 4.08. The van der Waals surface area contributed by atoms with Gasteiger partial charge in [0.05, 0.1) is 18.6 Å². The molecule has 0 spiro atoms. The summed E-state index contributed by atoms with van der Waals surface area (Å²) in [5.41, 5.74) is 3.39. The number of nitrogens with one attached hydrogen (secondary N) is 2. The highest BCUT2D eigenvalue weighted by molar-refractivity contribution is 7.85. The van der Waals surface area contributed by atoms with Crippen LogP contribution < -0.4 is 10.6 Å². The Morgan fingerprint density at radius 3 is 2.24 bits per heavy atom. The minimum atomic E-state index is -3.47. The minimum absolute atomic E-state index is 0.146. The van der Waals surface area contributed by atoms with Crippen molar-refractivity contribution in [2.45, 2.75) is 51.0 Å². The highest BCUT2D eigenvalue weighted by Gasteiger charge is 2.39. The van der Waals surface area contributed by atoms with Crippen LogP contribution in [0.15, 0.2) is 60.7 Å². The van der Waals surface area contributed by atoms with E-state index in [9.17, 15) is 8.42 Å². The molecule has 1 aliphatic carbocycles. The maximum atomic E-state index is 11.5. The molecule has 1 fully saturated rings. The van der Waals surface area contributed by atoms with E-state index in [1.165, 1.54) is 0 Å². The number of anilines is 3. The van der Waals surface area contributed by atoms with E-state index in [1.54, 1.807) is 0 Å². The van der Waals surface area contributed by atoms with Crippen LogP contribution in [0, 0.1) is 0 Å². The summed E-state index contributed by atoms with van der Waals surface area (Å²) in [5.74, 6) is 1.24. The van der Waals surface area contributed by atoms with Crippen LogP contribution in [0.3, 0.4) is 0 Å². The van der Waals surface area contributed by atoms with Gasteiger partial charge >= 0.3 is 0 Å². The van der Waals surface area contributed by atoms with Gasteiger partial charge in [-0.15, -0.1) is 0 Å². The Morgan fingerprint density at radius 2 is 1.68 bits per heavy atom. The van der Waals surface area contributed by atoms with Crippen molar-refractivity contribution < 1.29 is 12.6 Å². The highest BCUT2D eigenvalue weighted by atomic mass is 32.2. The van der Waals surface area contributed by atoms with Crippen molar-refractivity contribution in [3.05, 3.63) is 66.2 Å². The topological polar surface area (TPSA) is 93.2 Å². The number of hydrogen-bond acceptors (Lipinski definition) is 7. The molecule has 4 rings (SSSR count). The van der Waals surface area contributed by atoms with Gasteiger partial charge < -0.3 is 10.6 Å². The van der Waals surface area contributed by atoms with Gasteiger partial charge in [-0.25, -0.2) is 4.98 Å². The zero-order chi connectivity index (χ0) is 24.4. The van der Waals surface area contributed by atoms with Gasteiger partial charge in [-0.2, -0.15) is 13.4 Å². The molecule has 1 aliphatic rings. The summed E-state index contributed by atoms with van der Waals surface area (Å²) in [5, 5.41) is 6.76. The lowest BCUT2D eigenvalue weighted by molar-refractivity contribution is 0.141. The van der Waals surface area contributed by atoms with Crippen LogP contribution in [-0.2, 0) is 19.7 Å². The first-order valence-electron chi connectivity index (χ1n) is 11.5. The molecule has 0 saturated heterocycles. The molecule has 0 bridgehead atoms. The fraction of sp³-hybridized carbons (Fsp3) is 0.385. The van der Waals surface area contributed by atoms with Gasteiger partial charge in [0, 0.05) is 28.3 Å². The minimum Gasteiger partial charge on any atom is -0.365 e. The number of hydrogen-bond donors (Lipinski definition) is 2. The largest absolute Gasteiger partial charge is 0.365 e. The van der Waals surface area contributed by atoms with Gasteiger partial charge in [0.1, 0.15) is 5.82 Å². The zero-order valence-electron chi connectivity index (χ0n) is 20.1. The Bertz CT molecular complexity index is 1230. The van der Waals surface area contributed by atoms with Crippen LogP contribution in [0.4, 0.5) is 17.5 Å². The summed E-state index contributed by atoms with van der Waals surface area (Å²) in [6.45, 7) is 6.45. The second-order valence-corrected chi connectivity index (χ2v) is 11.6. The van der Waals surface area contributed by atoms with E-state index in [-0.39, 0.29) is 17.6 Å². The van der Waals surface area contributed by atoms with Crippen LogP contribution in [-0.4, -0.2) is 36.8 Å². The van der Waals surface area contributed by atoms with Crippen LogP contribution in [0.2, 0.25) is 0 Å². The average molecular weight is 481 g/mol. The molecule has 34 heavy (non-hydrogen) atoms. The lowest BCUT2D eigenvalue weighted by atomic mass is 9.65. The molecular formula is C26H32N4O3S. The monoisotopic (exact) mass is 480 g/mol. The predicted molar refractivity (Wildman–Crippen MR) is 137 cm³/mol. The molecule has 1 saturated carbocycles. The first-order chi connectivity index (χ1) is 16.0. The first kappa shape index (κ1) is 24.2. The van der Waals surface area contributed by atoms with Crippen LogP contribution in [0.5, 0.6) is 0 Å². The Kier molecular flexibility index (Phi) is 6.64. The van der Waals surface area contributed by atoms with Gasteiger partial charge in [-0.05, 0) is 51.3 Å². The molecule has 0 aliphatic heterocycles. The van der Waals surface area contributed by atoms with E-state index >= 15 is 0 Å².